The van der Waals surface area contributed by atoms with Gasteiger partial charge in [0.15, 0.2) is 0 Å². The van der Waals surface area contributed by atoms with Gasteiger partial charge in [0.2, 0.25) is 0 Å². The minimum Gasteiger partial charge on any atom is -0.381 e. The molecule has 1 aliphatic rings. The number of nitrogens with one attached hydrogen (secondary N) is 1. The summed E-state index contributed by atoms with van der Waals surface area (Å²) in [5.41, 5.74) is 1.46. The van der Waals surface area contributed by atoms with Gasteiger partial charge in [-0.2, -0.15) is 0 Å². The van der Waals surface area contributed by atoms with E-state index in [0.717, 1.165) is 26.4 Å². The van der Waals surface area contributed by atoms with Crippen LogP contribution in [0.5, 0.6) is 0 Å². The van der Waals surface area contributed by atoms with E-state index in [-0.39, 0.29) is 11.4 Å². The Morgan fingerprint density at radius 3 is 2.57 bits per heavy atom. The average Bonchev–Trinajstić information content (AvgIpc) is 2.56. The molecule has 1 heterocycles. The van der Waals surface area contributed by atoms with E-state index in [2.05, 4.69) is 56.0 Å². The summed E-state index contributed by atoms with van der Waals surface area (Å²) in [6.07, 6.45) is 1.55. The summed E-state index contributed by atoms with van der Waals surface area (Å²) in [5, 5.41) is 3.29. The molecule has 0 atom stereocenters. The minimum absolute atomic E-state index is 0.0307. The van der Waals surface area contributed by atoms with Crippen molar-refractivity contribution in [2.45, 2.75) is 18.4 Å². The van der Waals surface area contributed by atoms with E-state index in [1.54, 1.807) is 0 Å². The first-order valence-corrected chi connectivity index (χ1v) is 9.39. The lowest BCUT2D eigenvalue weighted by molar-refractivity contribution is 0.0345. The molecule has 23 heavy (non-hydrogen) atoms. The van der Waals surface area contributed by atoms with Crippen LogP contribution in [0, 0.1) is 3.57 Å². The molecule has 0 aromatic heterocycles. The van der Waals surface area contributed by atoms with Crippen LogP contribution >= 0.6 is 38.5 Å². The number of halogens is 2. The van der Waals surface area contributed by atoms with Crippen molar-refractivity contribution in [3.8, 4) is 0 Å². The minimum atomic E-state index is -0.377. The molecule has 0 radical (unpaired) electrons. The summed E-state index contributed by atoms with van der Waals surface area (Å²) in [4.78, 5) is 12.8. The third kappa shape index (κ3) is 3.78. The molecule has 0 unspecified atom stereocenters. The Morgan fingerprint density at radius 1 is 1.13 bits per heavy atom. The zero-order valence-electron chi connectivity index (χ0n) is 12.5. The monoisotopic (exact) mass is 485 g/mol. The fourth-order valence-electron chi connectivity index (χ4n) is 2.92. The van der Waals surface area contributed by atoms with E-state index < -0.39 is 0 Å². The van der Waals surface area contributed by atoms with Crippen LogP contribution in [0.1, 0.15) is 28.8 Å². The quantitative estimate of drug-likeness (QED) is 0.650. The molecule has 5 heteroatoms. The summed E-state index contributed by atoms with van der Waals surface area (Å²) in [6, 6.07) is 15.8. The van der Waals surface area contributed by atoms with Gasteiger partial charge in [-0.15, -0.1) is 0 Å². The lowest BCUT2D eigenvalue weighted by atomic mass is 9.82. The van der Waals surface area contributed by atoms with Crippen LogP contribution in [0.25, 0.3) is 0 Å². The maximum atomic E-state index is 12.8. The van der Waals surface area contributed by atoms with E-state index in [9.17, 15) is 4.79 Å². The number of rotatable bonds is 3. The highest BCUT2D eigenvalue weighted by Gasteiger charge is 2.36. The molecule has 1 fully saturated rings. The highest BCUT2D eigenvalue weighted by atomic mass is 127. The molecule has 0 saturated carbocycles. The van der Waals surface area contributed by atoms with Gasteiger partial charge in [-0.05, 0) is 65.3 Å². The van der Waals surface area contributed by atoms with Gasteiger partial charge in [0.05, 0.1) is 11.1 Å². The topological polar surface area (TPSA) is 38.3 Å². The van der Waals surface area contributed by atoms with Crippen LogP contribution in [-0.2, 0) is 10.3 Å². The van der Waals surface area contributed by atoms with Crippen molar-refractivity contribution in [2.75, 3.05) is 13.2 Å². The smallest absolute Gasteiger partial charge is 0.253 e. The van der Waals surface area contributed by atoms with Crippen molar-refractivity contribution in [3.05, 3.63) is 67.7 Å². The molecule has 2 aromatic rings. The average molecular weight is 486 g/mol. The van der Waals surface area contributed by atoms with Crippen LogP contribution in [0.15, 0.2) is 53.0 Å². The molecule has 120 valence electrons. The van der Waals surface area contributed by atoms with E-state index in [0.29, 0.717) is 18.8 Å². The van der Waals surface area contributed by atoms with Crippen LogP contribution in [0.3, 0.4) is 0 Å². The molecule has 1 amide bonds. The molecule has 0 bridgehead atoms. The van der Waals surface area contributed by atoms with Gasteiger partial charge in [0.25, 0.3) is 5.91 Å². The van der Waals surface area contributed by atoms with Crippen LogP contribution in [-0.4, -0.2) is 19.1 Å². The van der Waals surface area contributed by atoms with Gasteiger partial charge in [-0.1, -0.05) is 40.2 Å². The fourth-order valence-corrected chi connectivity index (χ4v) is 3.95. The summed E-state index contributed by atoms with van der Waals surface area (Å²) in [5.74, 6) is -0.0307. The number of carbonyl (C=O) groups excluding carboxylic acids is 1. The van der Waals surface area contributed by atoms with Gasteiger partial charge < -0.3 is 10.1 Å². The largest absolute Gasteiger partial charge is 0.381 e. The third-order valence-corrected chi connectivity index (χ3v) is 5.63. The second-order valence-corrected chi connectivity index (χ2v) is 7.72. The van der Waals surface area contributed by atoms with Crippen molar-refractivity contribution in [1.29, 1.82) is 0 Å². The lowest BCUT2D eigenvalue weighted by Gasteiger charge is -2.38. The van der Waals surface area contributed by atoms with E-state index in [1.165, 1.54) is 0 Å². The first-order valence-electron chi connectivity index (χ1n) is 7.52. The normalized spacial score (nSPS) is 16.8. The second kappa shape index (κ2) is 7.32. The predicted octanol–water partition coefficient (Wildman–Crippen LogP) is 4.49. The summed E-state index contributed by atoms with van der Waals surface area (Å²) < 4.78 is 7.50. The Balaban J connectivity index is 1.94. The van der Waals surface area contributed by atoms with E-state index >= 15 is 0 Å². The number of benzene rings is 2. The number of ether oxygens (including phenoxy) is 1. The third-order valence-electron chi connectivity index (χ3n) is 4.19. The Morgan fingerprint density at radius 2 is 1.87 bits per heavy atom. The Labute approximate surface area is 158 Å². The zero-order chi connectivity index (χ0) is 16.3. The van der Waals surface area contributed by atoms with E-state index in [4.69, 9.17) is 4.74 Å². The van der Waals surface area contributed by atoms with Crippen molar-refractivity contribution in [3.63, 3.8) is 0 Å². The predicted molar refractivity (Wildman–Crippen MR) is 102 cm³/mol. The SMILES string of the molecule is O=C(NC1(c2cccc(Br)c2)CCOCC1)c1ccccc1I. The maximum Gasteiger partial charge on any atom is 0.253 e. The van der Waals surface area contributed by atoms with Crippen molar-refractivity contribution in [2.24, 2.45) is 0 Å². The molecule has 0 spiro atoms. The van der Waals surface area contributed by atoms with Crippen LogP contribution < -0.4 is 5.32 Å². The van der Waals surface area contributed by atoms with Gasteiger partial charge >= 0.3 is 0 Å². The summed E-state index contributed by atoms with van der Waals surface area (Å²) in [7, 11) is 0. The van der Waals surface area contributed by atoms with Crippen molar-refractivity contribution >= 4 is 44.4 Å². The molecular formula is C18H17BrINO2. The van der Waals surface area contributed by atoms with Crippen molar-refractivity contribution in [1.82, 2.24) is 5.32 Å². The first-order chi connectivity index (χ1) is 11.1. The molecule has 2 aromatic carbocycles. The molecule has 1 aliphatic heterocycles. The first kappa shape index (κ1) is 16.9. The van der Waals surface area contributed by atoms with Crippen LogP contribution in [0.2, 0.25) is 0 Å². The van der Waals surface area contributed by atoms with E-state index in [1.807, 2.05) is 36.4 Å². The number of hydrogen-bond donors (Lipinski definition) is 1. The summed E-state index contributed by atoms with van der Waals surface area (Å²) >= 11 is 5.73. The van der Waals surface area contributed by atoms with Gasteiger partial charge in [0.1, 0.15) is 0 Å². The summed E-state index contributed by atoms with van der Waals surface area (Å²) in [6.45, 7) is 1.30. The Kier molecular flexibility index (Phi) is 5.38. The molecule has 3 rings (SSSR count). The molecular weight excluding hydrogens is 469 g/mol. The number of hydrogen-bond acceptors (Lipinski definition) is 2. The second-order valence-electron chi connectivity index (χ2n) is 5.64. The number of amides is 1. The zero-order valence-corrected chi connectivity index (χ0v) is 16.3. The highest BCUT2D eigenvalue weighted by Crippen LogP contribution is 2.34. The fraction of sp³-hybridized carbons (Fsp3) is 0.278. The van der Waals surface area contributed by atoms with Crippen molar-refractivity contribution < 1.29 is 9.53 Å². The molecule has 1 saturated heterocycles. The lowest BCUT2D eigenvalue weighted by Crippen LogP contribution is -2.49. The molecule has 1 N–H and O–H groups in total. The van der Waals surface area contributed by atoms with Crippen LogP contribution in [0.4, 0.5) is 0 Å². The number of carbonyl (C=O) groups is 1. The Hall–Kier alpha value is -0.920. The van der Waals surface area contributed by atoms with Gasteiger partial charge in [-0.25, -0.2) is 0 Å². The Bertz CT molecular complexity index is 714. The standard InChI is InChI=1S/C18H17BrINO2/c19-14-5-3-4-13(12-14)18(8-10-23-11-9-18)21-17(22)15-6-1-2-7-16(15)20/h1-7,12H,8-11H2,(H,21,22). The highest BCUT2D eigenvalue weighted by molar-refractivity contribution is 14.1. The molecule has 0 aliphatic carbocycles. The molecule has 3 nitrogen and oxygen atoms in total. The van der Waals surface area contributed by atoms with Gasteiger partial charge in [0, 0.05) is 21.3 Å². The van der Waals surface area contributed by atoms with Gasteiger partial charge in [-0.3, -0.25) is 4.79 Å². The maximum absolute atomic E-state index is 12.8.